The van der Waals surface area contributed by atoms with Crippen LogP contribution < -0.4 is 44.8 Å². The molecule has 0 atom stereocenters. The Morgan fingerprint density at radius 1 is 0.513 bits per heavy atom. The summed E-state index contributed by atoms with van der Waals surface area (Å²) in [6.07, 6.45) is 8.56. The summed E-state index contributed by atoms with van der Waals surface area (Å²) < 4.78 is 0. The summed E-state index contributed by atoms with van der Waals surface area (Å²) in [4.78, 5) is 0. The van der Waals surface area contributed by atoms with Gasteiger partial charge in [-0.1, -0.05) is 78.9 Å². The predicted molar refractivity (Wildman–Crippen MR) is 166 cm³/mol. The van der Waals surface area contributed by atoms with Gasteiger partial charge in [0.05, 0.1) is 39.5 Å². The minimum atomic E-state index is -0.922. The molecule has 0 fully saturated rings. The van der Waals surface area contributed by atoms with Gasteiger partial charge in [0.2, 0.25) is 0 Å². The van der Waals surface area contributed by atoms with Gasteiger partial charge in [-0.15, -0.1) is 0 Å². The van der Waals surface area contributed by atoms with Gasteiger partial charge in [-0.2, -0.15) is 0 Å². The Labute approximate surface area is 225 Å². The molecule has 2 aliphatic carbocycles. The first-order chi connectivity index (χ1) is 18.8. The first-order valence-corrected chi connectivity index (χ1v) is 12.8. The highest BCUT2D eigenvalue weighted by Crippen LogP contribution is 2.53. The fourth-order valence-electron chi connectivity index (χ4n) is 6.48. The monoisotopic (exact) mass is 508 g/mol. The van der Waals surface area contributed by atoms with Crippen molar-refractivity contribution < 1.29 is 0 Å². The van der Waals surface area contributed by atoms with E-state index < -0.39 is 5.41 Å². The Kier molecular flexibility index (Phi) is 4.57. The van der Waals surface area contributed by atoms with Crippen LogP contribution in [0.15, 0.2) is 96.6 Å². The van der Waals surface area contributed by atoms with E-state index in [1.807, 2.05) is 18.2 Å². The summed E-state index contributed by atoms with van der Waals surface area (Å²) in [6.45, 7) is 0. The summed E-state index contributed by atoms with van der Waals surface area (Å²) in [5.74, 6) is 0. The Hall–Kier alpha value is -5.36. The molecule has 0 saturated carbocycles. The lowest BCUT2D eigenvalue weighted by molar-refractivity contribution is 0.839. The summed E-state index contributed by atoms with van der Waals surface area (Å²) in [6, 6.07) is 24.5. The number of rotatable bonds is 2. The molecule has 39 heavy (non-hydrogen) atoms. The highest BCUT2D eigenvalue weighted by molar-refractivity contribution is 6.12. The molecule has 6 heteroatoms. The number of allylic oxidation sites excluding steroid dienone is 4. The van der Waals surface area contributed by atoms with Gasteiger partial charge in [-0.05, 0) is 72.5 Å². The molecule has 0 heterocycles. The lowest BCUT2D eigenvalue weighted by atomic mass is 9.64. The van der Waals surface area contributed by atoms with Gasteiger partial charge >= 0.3 is 0 Å². The zero-order valence-electron chi connectivity index (χ0n) is 21.2. The van der Waals surface area contributed by atoms with Gasteiger partial charge in [0.1, 0.15) is 0 Å². The third-order valence-electron chi connectivity index (χ3n) is 8.32. The molecule has 5 aromatic rings. The van der Waals surface area contributed by atoms with Crippen LogP contribution in [0.25, 0.3) is 33.2 Å². The molecule has 12 N–H and O–H groups in total. The summed E-state index contributed by atoms with van der Waals surface area (Å²) in [5, 5.41) is 6.98. The van der Waals surface area contributed by atoms with Crippen LogP contribution in [-0.4, -0.2) is 0 Å². The molecule has 0 bridgehead atoms. The normalized spacial score (nSPS) is 15.2. The van der Waals surface area contributed by atoms with Crippen molar-refractivity contribution in [1.29, 1.82) is 0 Å². The van der Waals surface area contributed by atoms with Crippen molar-refractivity contribution in [2.45, 2.75) is 5.41 Å². The molecule has 0 aliphatic heterocycles. The Bertz CT molecular complexity index is 2030. The van der Waals surface area contributed by atoms with Crippen LogP contribution in [0, 0.1) is 0 Å². The van der Waals surface area contributed by atoms with E-state index in [-0.39, 0.29) is 0 Å². The highest BCUT2D eigenvalue weighted by atomic mass is 14.8. The summed E-state index contributed by atoms with van der Waals surface area (Å²) in [5.41, 5.74) is 43.9. The van der Waals surface area contributed by atoms with Crippen LogP contribution in [0.1, 0.15) is 11.1 Å². The third kappa shape index (κ3) is 2.85. The zero-order chi connectivity index (χ0) is 27.1. The second-order valence-corrected chi connectivity index (χ2v) is 10.2. The molecule has 190 valence electrons. The maximum absolute atomic E-state index is 6.78. The molecule has 5 aromatic carbocycles. The van der Waals surface area contributed by atoms with E-state index in [0.717, 1.165) is 38.1 Å². The van der Waals surface area contributed by atoms with E-state index in [2.05, 4.69) is 66.8 Å². The van der Waals surface area contributed by atoms with E-state index in [4.69, 9.17) is 34.4 Å². The number of hydrogen-bond acceptors (Lipinski definition) is 6. The molecule has 0 spiro atoms. The first kappa shape index (κ1) is 22.8. The molecule has 0 aromatic heterocycles. The van der Waals surface area contributed by atoms with Gasteiger partial charge in [-0.3, -0.25) is 0 Å². The predicted octanol–water partition coefficient (Wildman–Crippen LogP) is 3.91. The number of nitrogen functional groups attached to an aromatic ring is 6. The average Bonchev–Trinajstić information content (AvgIpc) is 3.36. The van der Waals surface area contributed by atoms with Crippen LogP contribution in [0.3, 0.4) is 0 Å². The van der Waals surface area contributed by atoms with Crippen molar-refractivity contribution in [1.82, 2.24) is 0 Å². The van der Waals surface area contributed by atoms with E-state index in [1.54, 1.807) is 12.1 Å². The molecular weight excluding hydrogens is 480 g/mol. The minimum Gasteiger partial charge on any atom is -0.397 e. The number of fused-ring (bicyclic) bond motifs is 7. The van der Waals surface area contributed by atoms with E-state index >= 15 is 0 Å². The SMILES string of the molecule is Nc1ccc(C2(c3ccc(N)c(N)c3N)C=CC=C3C=c4c(c5ccccc5c5ccccc45)=C32)c(N)c1N. The first-order valence-electron chi connectivity index (χ1n) is 12.8. The summed E-state index contributed by atoms with van der Waals surface area (Å²) in [7, 11) is 0. The quantitative estimate of drug-likeness (QED) is 0.157. The maximum Gasteiger partial charge on any atom is 0.0784 e. The zero-order valence-corrected chi connectivity index (χ0v) is 21.2. The topological polar surface area (TPSA) is 156 Å². The van der Waals surface area contributed by atoms with Gasteiger partial charge in [0, 0.05) is 0 Å². The van der Waals surface area contributed by atoms with Crippen molar-refractivity contribution in [2.75, 3.05) is 34.4 Å². The molecule has 0 unspecified atom stereocenters. The second kappa shape index (κ2) is 7.82. The molecular formula is C33H28N6. The largest absolute Gasteiger partial charge is 0.397 e. The van der Waals surface area contributed by atoms with Gasteiger partial charge in [0.15, 0.2) is 0 Å². The average molecular weight is 509 g/mol. The minimum absolute atomic E-state index is 0.338. The van der Waals surface area contributed by atoms with Crippen molar-refractivity contribution in [3.8, 4) is 0 Å². The molecule has 6 nitrogen and oxygen atoms in total. The number of hydrogen-bond donors (Lipinski definition) is 6. The van der Waals surface area contributed by atoms with Gasteiger partial charge in [0.25, 0.3) is 0 Å². The van der Waals surface area contributed by atoms with Gasteiger partial charge in [-0.25, -0.2) is 0 Å². The van der Waals surface area contributed by atoms with Crippen molar-refractivity contribution in [3.63, 3.8) is 0 Å². The van der Waals surface area contributed by atoms with Crippen LogP contribution in [-0.2, 0) is 5.41 Å². The molecule has 0 amide bonds. The maximum atomic E-state index is 6.78. The lowest BCUT2D eigenvalue weighted by Gasteiger charge is -2.39. The molecule has 7 rings (SSSR count). The van der Waals surface area contributed by atoms with Crippen molar-refractivity contribution in [3.05, 3.63) is 118 Å². The fraction of sp³-hybridized carbons (Fsp3) is 0.0303. The fourth-order valence-corrected chi connectivity index (χ4v) is 6.48. The third-order valence-corrected chi connectivity index (χ3v) is 8.32. The number of benzene rings is 5. The van der Waals surface area contributed by atoms with Crippen LogP contribution in [0.5, 0.6) is 0 Å². The van der Waals surface area contributed by atoms with Crippen molar-refractivity contribution in [2.24, 2.45) is 0 Å². The molecule has 2 aliphatic rings. The van der Waals surface area contributed by atoms with Crippen LogP contribution in [0.2, 0.25) is 0 Å². The number of anilines is 6. The van der Waals surface area contributed by atoms with Crippen LogP contribution in [0.4, 0.5) is 34.1 Å². The highest BCUT2D eigenvalue weighted by Gasteiger charge is 2.44. The van der Waals surface area contributed by atoms with Gasteiger partial charge < -0.3 is 34.4 Å². The molecule has 0 radical (unpaired) electrons. The number of nitrogens with two attached hydrogens (primary N) is 6. The van der Waals surface area contributed by atoms with E-state index in [1.165, 1.54) is 16.2 Å². The Balaban J connectivity index is 1.78. The van der Waals surface area contributed by atoms with Crippen molar-refractivity contribution >= 4 is 67.3 Å². The Morgan fingerprint density at radius 2 is 1.03 bits per heavy atom. The van der Waals surface area contributed by atoms with E-state index in [9.17, 15) is 0 Å². The van der Waals surface area contributed by atoms with E-state index in [0.29, 0.717) is 34.1 Å². The van der Waals surface area contributed by atoms with Crippen LogP contribution >= 0.6 is 0 Å². The second-order valence-electron chi connectivity index (χ2n) is 10.2. The smallest absolute Gasteiger partial charge is 0.0784 e. The molecule has 0 saturated heterocycles. The Morgan fingerprint density at radius 3 is 1.62 bits per heavy atom. The lowest BCUT2D eigenvalue weighted by Crippen LogP contribution is -2.37. The standard InChI is InChI=1S/C33H28N6/c34-25-13-11-23(29(36)31(25)38)33(24-12-14-26(35)32(39)30(24)37)15-5-6-17-16-22-20-9-2-1-7-18(20)19-8-3-4-10-21(19)27(22)28(17)33/h1-16H,34-39H2. The summed E-state index contributed by atoms with van der Waals surface area (Å²) >= 11 is 0.